The first-order valence-electron chi connectivity index (χ1n) is 6.22. The number of hydrogen-bond donors (Lipinski definition) is 2. The van der Waals surface area contributed by atoms with E-state index < -0.39 is 0 Å². The monoisotopic (exact) mass is 236 g/mol. The molecule has 0 spiro atoms. The van der Waals surface area contributed by atoms with Crippen molar-refractivity contribution < 1.29 is 4.74 Å². The van der Waals surface area contributed by atoms with Crippen molar-refractivity contribution in [3.05, 3.63) is 6.33 Å². The summed E-state index contributed by atoms with van der Waals surface area (Å²) < 4.78 is 5.36. The average molecular weight is 236 g/mol. The minimum atomic E-state index is 0.173. The van der Waals surface area contributed by atoms with Crippen molar-refractivity contribution in [1.29, 1.82) is 0 Å². The Labute approximate surface area is 102 Å². The molecule has 0 amide bonds. The lowest BCUT2D eigenvalue weighted by molar-refractivity contribution is 0.268. The number of ether oxygens (including phenoxy) is 1. The molecule has 5 nitrogen and oxygen atoms in total. The van der Waals surface area contributed by atoms with Crippen molar-refractivity contribution in [3.63, 3.8) is 0 Å². The number of anilines is 2. The summed E-state index contributed by atoms with van der Waals surface area (Å²) >= 11 is 0. The van der Waals surface area contributed by atoms with Crippen LogP contribution in [0.3, 0.4) is 0 Å². The number of nitrogens with one attached hydrogen (secondary N) is 1. The lowest BCUT2D eigenvalue weighted by Crippen LogP contribution is -2.44. The highest BCUT2D eigenvalue weighted by atomic mass is 16.5. The molecule has 94 valence electrons. The third-order valence-corrected chi connectivity index (χ3v) is 3.50. The van der Waals surface area contributed by atoms with E-state index in [1.807, 2.05) is 6.92 Å². The second-order valence-corrected chi connectivity index (χ2v) is 4.49. The number of hydrogen-bond acceptors (Lipinski definition) is 5. The molecule has 0 radical (unpaired) electrons. The highest BCUT2D eigenvalue weighted by molar-refractivity contribution is 5.67. The van der Waals surface area contributed by atoms with Gasteiger partial charge in [0.15, 0.2) is 5.82 Å². The SMILES string of the molecule is CCOc1ncnc(NC2(CC)CCC2)c1N. The molecular formula is C12H20N4O. The minimum absolute atomic E-state index is 0.173. The van der Waals surface area contributed by atoms with Gasteiger partial charge in [0.25, 0.3) is 0 Å². The maximum atomic E-state index is 6.00. The van der Waals surface area contributed by atoms with E-state index in [2.05, 4.69) is 22.2 Å². The quantitative estimate of drug-likeness (QED) is 0.820. The molecule has 2 rings (SSSR count). The maximum absolute atomic E-state index is 6.00. The topological polar surface area (TPSA) is 73.1 Å². The summed E-state index contributed by atoms with van der Waals surface area (Å²) in [6.07, 6.45) is 6.20. The summed E-state index contributed by atoms with van der Waals surface area (Å²) in [5.74, 6) is 1.17. The fraction of sp³-hybridized carbons (Fsp3) is 0.667. The summed E-state index contributed by atoms with van der Waals surface area (Å²) in [5.41, 5.74) is 6.68. The van der Waals surface area contributed by atoms with E-state index in [1.165, 1.54) is 25.6 Å². The first-order chi connectivity index (χ1) is 8.21. The van der Waals surface area contributed by atoms with Gasteiger partial charge < -0.3 is 15.8 Å². The van der Waals surface area contributed by atoms with Crippen molar-refractivity contribution in [2.24, 2.45) is 0 Å². The van der Waals surface area contributed by atoms with Gasteiger partial charge in [-0.15, -0.1) is 0 Å². The Bertz CT molecular complexity index is 385. The molecule has 0 aromatic carbocycles. The Balaban J connectivity index is 2.18. The normalized spacial score (nSPS) is 17.3. The van der Waals surface area contributed by atoms with Crippen molar-refractivity contribution in [2.45, 2.75) is 45.1 Å². The van der Waals surface area contributed by atoms with Crippen molar-refractivity contribution in [2.75, 3.05) is 17.7 Å². The van der Waals surface area contributed by atoms with E-state index in [-0.39, 0.29) is 5.54 Å². The van der Waals surface area contributed by atoms with Gasteiger partial charge in [0.1, 0.15) is 12.0 Å². The van der Waals surface area contributed by atoms with Crippen LogP contribution >= 0.6 is 0 Å². The first kappa shape index (κ1) is 12.0. The van der Waals surface area contributed by atoms with E-state index in [9.17, 15) is 0 Å². The molecule has 0 saturated heterocycles. The van der Waals surface area contributed by atoms with Gasteiger partial charge in [0.05, 0.1) is 6.61 Å². The summed E-state index contributed by atoms with van der Waals surface area (Å²) in [6.45, 7) is 4.65. The van der Waals surface area contributed by atoms with Gasteiger partial charge >= 0.3 is 0 Å². The average Bonchev–Trinajstić information content (AvgIpc) is 2.28. The Morgan fingerprint density at radius 1 is 1.41 bits per heavy atom. The predicted molar refractivity (Wildman–Crippen MR) is 68.1 cm³/mol. The van der Waals surface area contributed by atoms with Crippen LogP contribution in [0.4, 0.5) is 11.5 Å². The summed E-state index contributed by atoms with van der Waals surface area (Å²) in [7, 11) is 0. The largest absolute Gasteiger partial charge is 0.476 e. The molecule has 1 aliphatic rings. The fourth-order valence-electron chi connectivity index (χ4n) is 2.15. The Morgan fingerprint density at radius 2 is 2.18 bits per heavy atom. The van der Waals surface area contributed by atoms with Crippen molar-refractivity contribution in [1.82, 2.24) is 9.97 Å². The van der Waals surface area contributed by atoms with Gasteiger partial charge in [0.2, 0.25) is 5.88 Å². The molecule has 1 saturated carbocycles. The molecule has 1 aliphatic carbocycles. The van der Waals surface area contributed by atoms with Crippen LogP contribution < -0.4 is 15.8 Å². The first-order valence-corrected chi connectivity index (χ1v) is 6.22. The van der Waals surface area contributed by atoms with Crippen LogP contribution in [0.5, 0.6) is 5.88 Å². The Kier molecular flexibility index (Phi) is 3.36. The van der Waals surface area contributed by atoms with E-state index in [4.69, 9.17) is 10.5 Å². The maximum Gasteiger partial charge on any atom is 0.242 e. The number of nitrogens with zero attached hydrogens (tertiary/aromatic N) is 2. The number of nitrogen functional groups attached to an aromatic ring is 1. The molecule has 17 heavy (non-hydrogen) atoms. The van der Waals surface area contributed by atoms with Crippen LogP contribution in [0, 0.1) is 0 Å². The highest BCUT2D eigenvalue weighted by Crippen LogP contribution is 2.39. The Morgan fingerprint density at radius 3 is 2.71 bits per heavy atom. The van der Waals surface area contributed by atoms with E-state index in [1.54, 1.807) is 0 Å². The molecule has 5 heteroatoms. The molecule has 0 atom stereocenters. The zero-order valence-corrected chi connectivity index (χ0v) is 10.5. The number of nitrogens with two attached hydrogens (primary N) is 1. The lowest BCUT2D eigenvalue weighted by Gasteiger charge is -2.42. The summed E-state index contributed by atoms with van der Waals surface area (Å²) in [5, 5.41) is 3.45. The standard InChI is InChI=1S/C12H20N4O/c1-3-12(6-5-7-12)16-10-9(13)11(17-4-2)15-8-14-10/h8H,3-7,13H2,1-2H3,(H,14,15,16). The summed E-state index contributed by atoms with van der Waals surface area (Å²) in [4.78, 5) is 8.24. The van der Waals surface area contributed by atoms with Crippen LogP contribution in [0.15, 0.2) is 6.33 Å². The lowest BCUT2D eigenvalue weighted by atomic mass is 9.75. The summed E-state index contributed by atoms with van der Waals surface area (Å²) in [6, 6.07) is 0. The molecule has 1 fully saturated rings. The second-order valence-electron chi connectivity index (χ2n) is 4.49. The molecule has 0 bridgehead atoms. The Hall–Kier alpha value is -1.52. The van der Waals surface area contributed by atoms with Crippen LogP contribution in [0.25, 0.3) is 0 Å². The predicted octanol–water partition coefficient (Wildman–Crippen LogP) is 2.20. The van der Waals surface area contributed by atoms with E-state index in [0.717, 1.165) is 6.42 Å². The number of rotatable bonds is 5. The van der Waals surface area contributed by atoms with Gasteiger partial charge in [-0.05, 0) is 32.6 Å². The van der Waals surface area contributed by atoms with Crippen molar-refractivity contribution in [3.8, 4) is 5.88 Å². The second kappa shape index (κ2) is 4.77. The highest BCUT2D eigenvalue weighted by Gasteiger charge is 2.35. The van der Waals surface area contributed by atoms with Gasteiger partial charge in [-0.3, -0.25) is 0 Å². The molecular weight excluding hydrogens is 216 g/mol. The molecule has 3 N–H and O–H groups in total. The van der Waals surface area contributed by atoms with Crippen LogP contribution in [-0.2, 0) is 0 Å². The fourth-order valence-corrected chi connectivity index (χ4v) is 2.15. The third kappa shape index (κ3) is 2.28. The molecule has 0 unspecified atom stereocenters. The molecule has 0 aliphatic heterocycles. The van der Waals surface area contributed by atoms with Crippen LogP contribution in [-0.4, -0.2) is 22.1 Å². The van der Waals surface area contributed by atoms with Gasteiger partial charge in [-0.25, -0.2) is 4.98 Å². The van der Waals surface area contributed by atoms with Gasteiger partial charge in [-0.1, -0.05) is 6.92 Å². The third-order valence-electron chi connectivity index (χ3n) is 3.50. The van der Waals surface area contributed by atoms with E-state index in [0.29, 0.717) is 24.0 Å². The molecule has 1 aromatic rings. The number of aromatic nitrogens is 2. The smallest absolute Gasteiger partial charge is 0.242 e. The van der Waals surface area contributed by atoms with Crippen LogP contribution in [0.2, 0.25) is 0 Å². The zero-order valence-electron chi connectivity index (χ0n) is 10.5. The van der Waals surface area contributed by atoms with Crippen molar-refractivity contribution >= 4 is 11.5 Å². The van der Waals surface area contributed by atoms with E-state index >= 15 is 0 Å². The minimum Gasteiger partial charge on any atom is -0.476 e. The zero-order chi connectivity index (χ0) is 12.3. The molecule has 1 aromatic heterocycles. The van der Waals surface area contributed by atoms with Gasteiger partial charge in [0, 0.05) is 5.54 Å². The van der Waals surface area contributed by atoms with Crippen LogP contribution in [0.1, 0.15) is 39.5 Å². The van der Waals surface area contributed by atoms with Gasteiger partial charge in [-0.2, -0.15) is 4.98 Å². The molecule has 1 heterocycles.